The Kier molecular flexibility index (Phi) is 4.07. The number of carbonyl (C=O) groups excluding carboxylic acids is 1. The number of rotatable bonds is 3. The van der Waals surface area contributed by atoms with Gasteiger partial charge in [-0.25, -0.2) is 13.4 Å². The van der Waals surface area contributed by atoms with Gasteiger partial charge in [0.05, 0.1) is 10.8 Å². The van der Waals surface area contributed by atoms with E-state index < -0.39 is 21.8 Å². The van der Waals surface area contributed by atoms with Gasteiger partial charge in [0.15, 0.2) is 0 Å². The lowest BCUT2D eigenvalue weighted by Gasteiger charge is -2.30. The van der Waals surface area contributed by atoms with Crippen molar-refractivity contribution in [3.05, 3.63) is 23.5 Å². The second-order valence-electron chi connectivity index (χ2n) is 4.42. The highest BCUT2D eigenvalue weighted by molar-refractivity contribution is 7.89. The second kappa shape index (κ2) is 5.44. The summed E-state index contributed by atoms with van der Waals surface area (Å²) in [7, 11) is -3.65. The molecule has 2 heterocycles. The molecular formula is C11H14ClN3O3S. The Morgan fingerprint density at radius 3 is 2.89 bits per heavy atom. The Balaban J connectivity index is 2.27. The summed E-state index contributed by atoms with van der Waals surface area (Å²) in [5.74, 6) is -0.895. The standard InChI is InChI=1S/C11H14ClN3O3S/c12-10-6-9(3-4-14-10)19(17,18)15-5-1-2-8(7-15)11(13)16/h3-4,6,8H,1-2,5,7H2,(H2,13,16). The normalized spacial score (nSPS) is 21.2. The van der Waals surface area contributed by atoms with Crippen LogP contribution in [0.2, 0.25) is 5.15 Å². The van der Waals surface area contributed by atoms with Crippen LogP contribution in [0.15, 0.2) is 23.2 Å². The van der Waals surface area contributed by atoms with Gasteiger partial charge in [-0.05, 0) is 25.0 Å². The van der Waals surface area contributed by atoms with E-state index in [4.69, 9.17) is 17.3 Å². The molecule has 1 saturated heterocycles. The summed E-state index contributed by atoms with van der Waals surface area (Å²) in [6, 6.07) is 2.68. The fourth-order valence-electron chi connectivity index (χ4n) is 2.09. The van der Waals surface area contributed by atoms with Crippen molar-refractivity contribution in [2.24, 2.45) is 11.7 Å². The van der Waals surface area contributed by atoms with E-state index in [2.05, 4.69) is 4.98 Å². The molecule has 0 bridgehead atoms. The van der Waals surface area contributed by atoms with E-state index in [0.29, 0.717) is 19.4 Å². The van der Waals surface area contributed by atoms with Crippen molar-refractivity contribution < 1.29 is 13.2 Å². The Bertz CT molecular complexity index is 591. The Morgan fingerprint density at radius 1 is 1.53 bits per heavy atom. The summed E-state index contributed by atoms with van der Waals surface area (Å²) in [5, 5.41) is 0.115. The first kappa shape index (κ1) is 14.2. The molecule has 0 aliphatic carbocycles. The van der Waals surface area contributed by atoms with Gasteiger partial charge in [-0.1, -0.05) is 11.6 Å². The van der Waals surface area contributed by atoms with Crippen LogP contribution in [0.25, 0.3) is 0 Å². The maximum absolute atomic E-state index is 12.4. The van der Waals surface area contributed by atoms with Crippen LogP contribution in [0.1, 0.15) is 12.8 Å². The Hall–Kier alpha value is -1.18. The van der Waals surface area contributed by atoms with E-state index in [1.54, 1.807) is 0 Å². The van der Waals surface area contributed by atoms with Gasteiger partial charge in [-0.3, -0.25) is 4.79 Å². The SMILES string of the molecule is NC(=O)C1CCCN(S(=O)(=O)c2ccnc(Cl)c2)C1. The zero-order chi connectivity index (χ0) is 14.0. The zero-order valence-corrected chi connectivity index (χ0v) is 11.7. The molecule has 0 aromatic carbocycles. The van der Waals surface area contributed by atoms with Crippen molar-refractivity contribution in [3.63, 3.8) is 0 Å². The van der Waals surface area contributed by atoms with E-state index in [9.17, 15) is 13.2 Å². The van der Waals surface area contributed by atoms with Gasteiger partial charge in [0.1, 0.15) is 5.15 Å². The van der Waals surface area contributed by atoms with E-state index in [1.807, 2.05) is 0 Å². The number of primary amides is 1. The third-order valence-corrected chi connectivity index (χ3v) is 5.19. The topological polar surface area (TPSA) is 93.4 Å². The number of aromatic nitrogens is 1. The highest BCUT2D eigenvalue weighted by atomic mass is 35.5. The number of piperidine rings is 1. The summed E-state index contributed by atoms with van der Waals surface area (Å²) in [6.07, 6.45) is 2.58. The first-order chi connectivity index (χ1) is 8.91. The van der Waals surface area contributed by atoms with Crippen LogP contribution in [-0.2, 0) is 14.8 Å². The number of amides is 1. The molecule has 0 saturated carbocycles. The number of hydrogen-bond donors (Lipinski definition) is 1. The molecule has 1 unspecified atom stereocenters. The van der Waals surface area contributed by atoms with Crippen LogP contribution in [0.4, 0.5) is 0 Å². The predicted molar refractivity (Wildman–Crippen MR) is 69.9 cm³/mol. The van der Waals surface area contributed by atoms with Gasteiger partial charge in [-0.15, -0.1) is 0 Å². The number of carbonyl (C=O) groups is 1. The number of halogens is 1. The van der Waals surface area contributed by atoms with Crippen molar-refractivity contribution in [3.8, 4) is 0 Å². The van der Waals surface area contributed by atoms with Gasteiger partial charge in [0.25, 0.3) is 0 Å². The average molecular weight is 304 g/mol. The van der Waals surface area contributed by atoms with Crippen molar-refractivity contribution in [2.75, 3.05) is 13.1 Å². The monoisotopic (exact) mass is 303 g/mol. The molecule has 0 spiro atoms. The lowest BCUT2D eigenvalue weighted by molar-refractivity contribution is -0.122. The van der Waals surface area contributed by atoms with Crippen LogP contribution in [0, 0.1) is 5.92 Å². The number of hydrogen-bond acceptors (Lipinski definition) is 4. The van der Waals surface area contributed by atoms with Gasteiger partial charge in [0.2, 0.25) is 15.9 Å². The third kappa shape index (κ3) is 3.05. The summed E-state index contributed by atoms with van der Waals surface area (Å²) in [4.78, 5) is 15.0. The highest BCUT2D eigenvalue weighted by Gasteiger charge is 2.32. The largest absolute Gasteiger partial charge is 0.369 e. The number of nitrogens with two attached hydrogens (primary N) is 1. The molecule has 1 fully saturated rings. The molecule has 8 heteroatoms. The average Bonchev–Trinajstić information content (AvgIpc) is 2.39. The van der Waals surface area contributed by atoms with Gasteiger partial charge in [0, 0.05) is 19.3 Å². The predicted octanol–water partition coefficient (Wildman–Crippen LogP) is 0.621. The summed E-state index contributed by atoms with van der Waals surface area (Å²) < 4.78 is 26.1. The van der Waals surface area contributed by atoms with Gasteiger partial charge >= 0.3 is 0 Å². The maximum Gasteiger partial charge on any atom is 0.243 e. The lowest BCUT2D eigenvalue weighted by Crippen LogP contribution is -2.44. The molecule has 2 rings (SSSR count). The minimum absolute atomic E-state index is 0.0811. The summed E-state index contributed by atoms with van der Waals surface area (Å²) in [5.41, 5.74) is 5.24. The summed E-state index contributed by atoms with van der Waals surface area (Å²) >= 11 is 5.70. The van der Waals surface area contributed by atoms with Crippen LogP contribution < -0.4 is 5.73 Å². The molecule has 1 amide bonds. The van der Waals surface area contributed by atoms with E-state index in [1.165, 1.54) is 22.6 Å². The van der Waals surface area contributed by atoms with Crippen LogP contribution in [0.3, 0.4) is 0 Å². The van der Waals surface area contributed by atoms with Gasteiger partial charge in [-0.2, -0.15) is 4.31 Å². The molecule has 0 radical (unpaired) electrons. The molecule has 6 nitrogen and oxygen atoms in total. The van der Waals surface area contributed by atoms with Crippen molar-refractivity contribution in [1.82, 2.24) is 9.29 Å². The fourth-order valence-corrected chi connectivity index (χ4v) is 3.86. The number of pyridine rings is 1. The van der Waals surface area contributed by atoms with Gasteiger partial charge < -0.3 is 5.73 Å². The lowest BCUT2D eigenvalue weighted by atomic mass is 9.99. The van der Waals surface area contributed by atoms with E-state index >= 15 is 0 Å². The minimum Gasteiger partial charge on any atom is -0.369 e. The zero-order valence-electron chi connectivity index (χ0n) is 10.1. The van der Waals surface area contributed by atoms with Crippen molar-refractivity contribution in [2.45, 2.75) is 17.7 Å². The Labute approximate surface area is 116 Å². The molecule has 1 aromatic heterocycles. The second-order valence-corrected chi connectivity index (χ2v) is 6.74. The summed E-state index contributed by atoms with van der Waals surface area (Å²) in [6.45, 7) is 0.504. The first-order valence-corrected chi connectivity index (χ1v) is 7.64. The maximum atomic E-state index is 12.4. The Morgan fingerprint density at radius 2 is 2.26 bits per heavy atom. The third-order valence-electron chi connectivity index (χ3n) is 3.12. The number of sulfonamides is 1. The molecule has 1 aliphatic heterocycles. The van der Waals surface area contributed by atoms with E-state index in [-0.39, 0.29) is 16.6 Å². The molecule has 1 aliphatic rings. The minimum atomic E-state index is -3.65. The van der Waals surface area contributed by atoms with Crippen LogP contribution >= 0.6 is 11.6 Å². The quantitative estimate of drug-likeness (QED) is 0.828. The van der Waals surface area contributed by atoms with Crippen LogP contribution in [-0.4, -0.2) is 36.7 Å². The molecule has 1 aromatic rings. The molecule has 19 heavy (non-hydrogen) atoms. The fraction of sp³-hybridized carbons (Fsp3) is 0.455. The van der Waals surface area contributed by atoms with Crippen molar-refractivity contribution >= 4 is 27.5 Å². The molecule has 2 N–H and O–H groups in total. The first-order valence-electron chi connectivity index (χ1n) is 5.82. The molecular weight excluding hydrogens is 290 g/mol. The smallest absolute Gasteiger partial charge is 0.243 e. The highest BCUT2D eigenvalue weighted by Crippen LogP contribution is 2.24. The molecule has 1 atom stereocenters. The number of nitrogens with zero attached hydrogens (tertiary/aromatic N) is 2. The van der Waals surface area contributed by atoms with E-state index in [0.717, 1.165) is 0 Å². The van der Waals surface area contributed by atoms with Crippen LogP contribution in [0.5, 0.6) is 0 Å². The molecule has 104 valence electrons. The van der Waals surface area contributed by atoms with Crippen molar-refractivity contribution in [1.29, 1.82) is 0 Å².